The summed E-state index contributed by atoms with van der Waals surface area (Å²) in [4.78, 5) is 12.4. The van der Waals surface area contributed by atoms with Crippen LogP contribution in [0.15, 0.2) is 42.6 Å². The second kappa shape index (κ2) is 6.77. The van der Waals surface area contributed by atoms with Crippen molar-refractivity contribution in [1.82, 2.24) is 9.97 Å². The molecule has 1 atom stereocenters. The Balaban J connectivity index is 1.52. The van der Waals surface area contributed by atoms with Crippen LogP contribution < -0.4 is 9.64 Å². The number of ether oxygens (including phenoxy) is 1. The van der Waals surface area contributed by atoms with Crippen molar-refractivity contribution in [2.45, 2.75) is 26.4 Å². The minimum absolute atomic E-state index is 0.488. The molecule has 1 saturated heterocycles. The van der Waals surface area contributed by atoms with Gasteiger partial charge in [0.05, 0.1) is 5.69 Å². The van der Waals surface area contributed by atoms with E-state index >= 15 is 0 Å². The fraction of sp³-hybridized carbons (Fsp3) is 0.368. The first-order chi connectivity index (χ1) is 11.8. The van der Waals surface area contributed by atoms with Crippen LogP contribution in [0.1, 0.15) is 24.8 Å². The van der Waals surface area contributed by atoms with Gasteiger partial charge in [0.1, 0.15) is 27.7 Å². The van der Waals surface area contributed by atoms with Gasteiger partial charge in [-0.25, -0.2) is 9.97 Å². The van der Waals surface area contributed by atoms with Gasteiger partial charge in [0.25, 0.3) is 0 Å². The van der Waals surface area contributed by atoms with Gasteiger partial charge >= 0.3 is 0 Å². The molecule has 5 heteroatoms. The molecule has 0 amide bonds. The Morgan fingerprint density at radius 2 is 2.17 bits per heavy atom. The number of piperidine rings is 1. The molecule has 0 saturated carbocycles. The van der Waals surface area contributed by atoms with Gasteiger partial charge in [-0.2, -0.15) is 0 Å². The summed E-state index contributed by atoms with van der Waals surface area (Å²) in [5, 5.41) is 0.963. The van der Waals surface area contributed by atoms with Crippen LogP contribution in [0.4, 0.5) is 5.69 Å². The molecular weight excluding hydrogens is 318 g/mol. The van der Waals surface area contributed by atoms with E-state index in [0.717, 1.165) is 40.1 Å². The topological polar surface area (TPSA) is 38.2 Å². The molecule has 24 heavy (non-hydrogen) atoms. The lowest BCUT2D eigenvalue weighted by molar-refractivity contribution is 0.304. The van der Waals surface area contributed by atoms with Gasteiger partial charge in [-0.15, -0.1) is 0 Å². The zero-order valence-electron chi connectivity index (χ0n) is 13.8. The van der Waals surface area contributed by atoms with Crippen molar-refractivity contribution in [3.05, 3.63) is 47.6 Å². The third-order valence-corrected chi connectivity index (χ3v) is 5.38. The van der Waals surface area contributed by atoms with Crippen molar-refractivity contribution in [2.24, 2.45) is 5.92 Å². The van der Waals surface area contributed by atoms with Crippen molar-refractivity contribution in [3.63, 3.8) is 0 Å². The van der Waals surface area contributed by atoms with Gasteiger partial charge in [-0.1, -0.05) is 30.4 Å². The highest BCUT2D eigenvalue weighted by atomic mass is 32.1. The number of benzene rings is 1. The summed E-state index contributed by atoms with van der Waals surface area (Å²) in [6, 6.07) is 12.2. The average molecular weight is 339 g/mol. The minimum Gasteiger partial charge on any atom is -0.484 e. The highest BCUT2D eigenvalue weighted by Gasteiger charge is 2.19. The SMILES string of the molecule is CC1CCCN(c2ccccc2OCc2nc3cccnc3s2)C1. The summed E-state index contributed by atoms with van der Waals surface area (Å²) in [6.07, 6.45) is 4.37. The number of fused-ring (bicyclic) bond motifs is 1. The summed E-state index contributed by atoms with van der Waals surface area (Å²) < 4.78 is 6.12. The summed E-state index contributed by atoms with van der Waals surface area (Å²) >= 11 is 1.60. The van der Waals surface area contributed by atoms with Gasteiger partial charge < -0.3 is 9.64 Å². The van der Waals surface area contributed by atoms with E-state index in [1.165, 1.54) is 18.5 Å². The van der Waals surface area contributed by atoms with Crippen molar-refractivity contribution < 1.29 is 4.74 Å². The third-order valence-electron chi connectivity index (χ3n) is 4.42. The number of hydrogen-bond donors (Lipinski definition) is 0. The van der Waals surface area contributed by atoms with E-state index in [0.29, 0.717) is 6.61 Å². The highest BCUT2D eigenvalue weighted by Crippen LogP contribution is 2.32. The van der Waals surface area contributed by atoms with E-state index in [1.54, 1.807) is 17.5 Å². The predicted octanol–water partition coefficient (Wildman–Crippen LogP) is 4.51. The van der Waals surface area contributed by atoms with Crippen LogP contribution in [0.5, 0.6) is 5.75 Å². The van der Waals surface area contributed by atoms with Crippen molar-refractivity contribution in [1.29, 1.82) is 0 Å². The van der Waals surface area contributed by atoms with Crippen LogP contribution in [0.2, 0.25) is 0 Å². The summed E-state index contributed by atoms with van der Waals surface area (Å²) in [5.74, 6) is 1.68. The molecule has 3 aromatic rings. The summed E-state index contributed by atoms with van der Waals surface area (Å²) in [5.41, 5.74) is 2.14. The molecule has 1 fully saturated rings. The Morgan fingerprint density at radius 3 is 3.04 bits per heavy atom. The first kappa shape index (κ1) is 15.4. The Morgan fingerprint density at radius 1 is 1.25 bits per heavy atom. The average Bonchev–Trinajstić information content (AvgIpc) is 3.03. The Bertz CT molecular complexity index is 799. The standard InChI is InChI=1S/C19H21N3OS/c1-14-6-5-11-22(12-14)16-8-2-3-9-17(16)23-13-18-21-15-7-4-10-20-19(15)24-18/h2-4,7-10,14H,5-6,11-13H2,1H3. The summed E-state index contributed by atoms with van der Waals surface area (Å²) in [6.45, 7) is 5.02. The van der Waals surface area contributed by atoms with Gasteiger partial charge in [-0.05, 0) is 43.0 Å². The van der Waals surface area contributed by atoms with E-state index in [9.17, 15) is 0 Å². The van der Waals surface area contributed by atoms with Crippen LogP contribution in [-0.2, 0) is 6.61 Å². The number of nitrogens with zero attached hydrogens (tertiary/aromatic N) is 3. The van der Waals surface area contributed by atoms with Crippen molar-refractivity contribution >= 4 is 27.4 Å². The maximum Gasteiger partial charge on any atom is 0.143 e. The number of pyridine rings is 1. The maximum absolute atomic E-state index is 6.12. The molecule has 0 aliphatic carbocycles. The molecule has 1 aliphatic heterocycles. The molecule has 124 valence electrons. The monoisotopic (exact) mass is 339 g/mol. The first-order valence-electron chi connectivity index (χ1n) is 8.47. The number of thiazole rings is 1. The van der Waals surface area contributed by atoms with Crippen LogP contribution in [0.25, 0.3) is 10.3 Å². The lowest BCUT2D eigenvalue weighted by Crippen LogP contribution is -2.34. The summed E-state index contributed by atoms with van der Waals surface area (Å²) in [7, 11) is 0. The lowest BCUT2D eigenvalue weighted by atomic mass is 9.99. The minimum atomic E-state index is 0.488. The van der Waals surface area contributed by atoms with Crippen molar-refractivity contribution in [3.8, 4) is 5.75 Å². The number of para-hydroxylation sites is 2. The Hall–Kier alpha value is -2.14. The molecule has 1 aliphatic rings. The van der Waals surface area contributed by atoms with E-state index in [-0.39, 0.29) is 0 Å². The normalized spacial score (nSPS) is 18.0. The van der Waals surface area contributed by atoms with Crippen LogP contribution >= 0.6 is 11.3 Å². The lowest BCUT2D eigenvalue weighted by Gasteiger charge is -2.33. The maximum atomic E-state index is 6.12. The van der Waals surface area contributed by atoms with Crippen LogP contribution in [0.3, 0.4) is 0 Å². The molecule has 1 aromatic carbocycles. The fourth-order valence-electron chi connectivity index (χ4n) is 3.26. The molecule has 4 nitrogen and oxygen atoms in total. The highest BCUT2D eigenvalue weighted by molar-refractivity contribution is 7.18. The van der Waals surface area contributed by atoms with E-state index in [1.807, 2.05) is 18.2 Å². The fourth-order valence-corrected chi connectivity index (χ4v) is 4.08. The zero-order valence-corrected chi connectivity index (χ0v) is 14.6. The van der Waals surface area contributed by atoms with Gasteiger partial charge in [0.15, 0.2) is 0 Å². The van der Waals surface area contributed by atoms with Gasteiger partial charge in [-0.3, -0.25) is 0 Å². The molecule has 2 aromatic heterocycles. The smallest absolute Gasteiger partial charge is 0.143 e. The van der Waals surface area contributed by atoms with Crippen LogP contribution in [0, 0.1) is 5.92 Å². The van der Waals surface area contributed by atoms with Crippen LogP contribution in [-0.4, -0.2) is 23.1 Å². The molecule has 0 spiro atoms. The number of aromatic nitrogens is 2. The predicted molar refractivity (Wildman–Crippen MR) is 98.8 cm³/mol. The first-order valence-corrected chi connectivity index (χ1v) is 9.28. The van der Waals surface area contributed by atoms with E-state index in [4.69, 9.17) is 4.74 Å². The van der Waals surface area contributed by atoms with Gasteiger partial charge in [0, 0.05) is 19.3 Å². The molecular formula is C19H21N3OS. The number of rotatable bonds is 4. The number of hydrogen-bond acceptors (Lipinski definition) is 5. The van der Waals surface area contributed by atoms with Gasteiger partial charge in [0.2, 0.25) is 0 Å². The Labute approximate surface area is 146 Å². The molecule has 1 unspecified atom stereocenters. The molecule has 0 bridgehead atoms. The number of anilines is 1. The zero-order chi connectivity index (χ0) is 16.4. The molecule has 4 rings (SSSR count). The Kier molecular flexibility index (Phi) is 4.34. The van der Waals surface area contributed by atoms with E-state index < -0.39 is 0 Å². The van der Waals surface area contributed by atoms with Crippen molar-refractivity contribution in [2.75, 3.05) is 18.0 Å². The van der Waals surface area contributed by atoms with E-state index in [2.05, 4.69) is 40.0 Å². The molecule has 3 heterocycles. The molecule has 0 radical (unpaired) electrons. The molecule has 0 N–H and O–H groups in total. The quantitative estimate of drug-likeness (QED) is 0.701. The third kappa shape index (κ3) is 3.22. The second-order valence-electron chi connectivity index (χ2n) is 6.39. The largest absolute Gasteiger partial charge is 0.484 e. The second-order valence-corrected chi connectivity index (χ2v) is 7.45.